The van der Waals surface area contributed by atoms with Gasteiger partial charge in [-0.3, -0.25) is 9.59 Å². The van der Waals surface area contributed by atoms with Crippen molar-refractivity contribution in [3.8, 4) is 0 Å². The lowest BCUT2D eigenvalue weighted by atomic mass is 9.99. The standard InChI is InChI=1S/C23H38N2O2/c1-7-9-10-11-12-22(26)24-20(16(3)4)15-23(27)25-21-14-17(5)19(8-2)13-18(21)6/h13-14,16,20H,7-12,15H2,1-6H3,(H,24,26)(H,25,27). The van der Waals surface area contributed by atoms with Crippen molar-refractivity contribution < 1.29 is 9.59 Å². The van der Waals surface area contributed by atoms with Gasteiger partial charge in [0.1, 0.15) is 0 Å². The number of amides is 2. The fourth-order valence-corrected chi connectivity index (χ4v) is 3.24. The van der Waals surface area contributed by atoms with Crippen molar-refractivity contribution in [2.45, 2.75) is 92.5 Å². The summed E-state index contributed by atoms with van der Waals surface area (Å²) in [5, 5.41) is 6.09. The number of benzene rings is 1. The van der Waals surface area contributed by atoms with Gasteiger partial charge in [0.25, 0.3) is 0 Å². The van der Waals surface area contributed by atoms with Crippen molar-refractivity contribution in [2.24, 2.45) is 5.92 Å². The second-order valence-corrected chi connectivity index (χ2v) is 7.93. The Balaban J connectivity index is 2.63. The predicted molar refractivity (Wildman–Crippen MR) is 114 cm³/mol. The van der Waals surface area contributed by atoms with Crippen LogP contribution in [0.15, 0.2) is 12.1 Å². The Hall–Kier alpha value is -1.84. The molecular weight excluding hydrogens is 336 g/mol. The molecule has 4 nitrogen and oxygen atoms in total. The molecule has 2 N–H and O–H groups in total. The molecule has 27 heavy (non-hydrogen) atoms. The second-order valence-electron chi connectivity index (χ2n) is 7.93. The molecule has 152 valence electrons. The summed E-state index contributed by atoms with van der Waals surface area (Å²) < 4.78 is 0. The molecule has 0 fully saturated rings. The van der Waals surface area contributed by atoms with Gasteiger partial charge in [-0.1, -0.05) is 53.0 Å². The minimum Gasteiger partial charge on any atom is -0.353 e. The average molecular weight is 375 g/mol. The number of aryl methyl sites for hydroxylation is 3. The molecule has 0 spiro atoms. The monoisotopic (exact) mass is 374 g/mol. The van der Waals surface area contributed by atoms with Crippen molar-refractivity contribution in [1.82, 2.24) is 5.32 Å². The fourth-order valence-electron chi connectivity index (χ4n) is 3.24. The lowest BCUT2D eigenvalue weighted by molar-refractivity contribution is -0.122. The number of hydrogen-bond donors (Lipinski definition) is 2. The summed E-state index contributed by atoms with van der Waals surface area (Å²) in [6.07, 6.45) is 6.16. The average Bonchev–Trinajstić information content (AvgIpc) is 2.60. The molecule has 0 aliphatic carbocycles. The van der Waals surface area contributed by atoms with E-state index in [9.17, 15) is 9.59 Å². The van der Waals surface area contributed by atoms with Crippen LogP contribution in [0, 0.1) is 19.8 Å². The first kappa shape index (κ1) is 23.2. The highest BCUT2D eigenvalue weighted by molar-refractivity contribution is 5.92. The molecule has 0 bridgehead atoms. The van der Waals surface area contributed by atoms with E-state index in [0.29, 0.717) is 12.8 Å². The highest BCUT2D eigenvalue weighted by Gasteiger charge is 2.20. The Kier molecular flexibility index (Phi) is 10.1. The van der Waals surface area contributed by atoms with E-state index in [1.165, 1.54) is 17.5 Å². The van der Waals surface area contributed by atoms with Gasteiger partial charge in [0.05, 0.1) is 0 Å². The number of rotatable bonds is 11. The normalized spacial score (nSPS) is 12.1. The number of nitrogens with one attached hydrogen (secondary N) is 2. The molecule has 1 rings (SSSR count). The summed E-state index contributed by atoms with van der Waals surface area (Å²) in [5.74, 6) is 0.212. The van der Waals surface area contributed by atoms with Gasteiger partial charge in [0.15, 0.2) is 0 Å². The lowest BCUT2D eigenvalue weighted by Gasteiger charge is -2.22. The summed E-state index contributed by atoms with van der Waals surface area (Å²) in [5.41, 5.74) is 4.44. The van der Waals surface area contributed by atoms with Crippen LogP contribution in [0.2, 0.25) is 0 Å². The predicted octanol–water partition coefficient (Wildman–Crippen LogP) is 5.31. The fraction of sp³-hybridized carbons (Fsp3) is 0.652. The minimum atomic E-state index is -0.139. The summed E-state index contributed by atoms with van der Waals surface area (Å²) in [7, 11) is 0. The Morgan fingerprint density at radius 1 is 0.963 bits per heavy atom. The third-order valence-electron chi connectivity index (χ3n) is 5.15. The van der Waals surface area contributed by atoms with Crippen LogP contribution in [0.3, 0.4) is 0 Å². The Labute approximate surface area is 165 Å². The zero-order chi connectivity index (χ0) is 20.4. The van der Waals surface area contributed by atoms with Crippen LogP contribution in [0.1, 0.15) is 82.9 Å². The van der Waals surface area contributed by atoms with Crippen LogP contribution in [-0.2, 0) is 16.0 Å². The second kappa shape index (κ2) is 11.8. The third-order valence-corrected chi connectivity index (χ3v) is 5.15. The summed E-state index contributed by atoms with van der Waals surface area (Å²) in [6, 6.07) is 4.05. The van der Waals surface area contributed by atoms with Gasteiger partial charge in [-0.25, -0.2) is 0 Å². The first-order valence-electron chi connectivity index (χ1n) is 10.5. The molecule has 2 amide bonds. The van der Waals surface area contributed by atoms with E-state index in [4.69, 9.17) is 0 Å². The lowest BCUT2D eigenvalue weighted by Crippen LogP contribution is -2.41. The van der Waals surface area contributed by atoms with Gasteiger partial charge in [0, 0.05) is 24.6 Å². The topological polar surface area (TPSA) is 58.2 Å². The molecule has 0 saturated carbocycles. The summed E-state index contributed by atoms with van der Waals surface area (Å²) >= 11 is 0. The quantitative estimate of drug-likeness (QED) is 0.516. The van der Waals surface area contributed by atoms with Gasteiger partial charge >= 0.3 is 0 Å². The van der Waals surface area contributed by atoms with Crippen LogP contribution < -0.4 is 10.6 Å². The van der Waals surface area contributed by atoms with E-state index in [2.05, 4.69) is 37.5 Å². The van der Waals surface area contributed by atoms with E-state index in [1.807, 2.05) is 26.8 Å². The van der Waals surface area contributed by atoms with Crippen molar-refractivity contribution in [3.05, 3.63) is 28.8 Å². The maximum Gasteiger partial charge on any atom is 0.226 e. The van der Waals surface area contributed by atoms with Crippen LogP contribution in [-0.4, -0.2) is 17.9 Å². The summed E-state index contributed by atoms with van der Waals surface area (Å²) in [6.45, 7) is 12.5. The molecule has 1 aromatic carbocycles. The first-order valence-corrected chi connectivity index (χ1v) is 10.5. The number of anilines is 1. The smallest absolute Gasteiger partial charge is 0.226 e. The Morgan fingerprint density at radius 2 is 1.67 bits per heavy atom. The molecular formula is C23H38N2O2. The summed E-state index contributed by atoms with van der Waals surface area (Å²) in [4.78, 5) is 24.8. The highest BCUT2D eigenvalue weighted by atomic mass is 16.2. The SMILES string of the molecule is CCCCCCC(=O)NC(CC(=O)Nc1cc(C)c(CC)cc1C)C(C)C. The largest absolute Gasteiger partial charge is 0.353 e. The first-order chi connectivity index (χ1) is 12.8. The molecule has 0 aliphatic heterocycles. The molecule has 0 radical (unpaired) electrons. The number of carbonyl (C=O) groups is 2. The molecule has 0 saturated heterocycles. The maximum absolute atomic E-state index is 12.6. The van der Waals surface area contributed by atoms with Gasteiger partial charge < -0.3 is 10.6 Å². The van der Waals surface area contributed by atoms with Crippen molar-refractivity contribution >= 4 is 17.5 Å². The van der Waals surface area contributed by atoms with E-state index < -0.39 is 0 Å². The number of carbonyl (C=O) groups excluding carboxylic acids is 2. The van der Waals surface area contributed by atoms with Crippen LogP contribution in [0.5, 0.6) is 0 Å². The van der Waals surface area contributed by atoms with Crippen molar-refractivity contribution in [3.63, 3.8) is 0 Å². The van der Waals surface area contributed by atoms with Gasteiger partial charge in [-0.05, 0) is 55.4 Å². The van der Waals surface area contributed by atoms with Crippen LogP contribution >= 0.6 is 0 Å². The zero-order valence-corrected chi connectivity index (χ0v) is 18.1. The molecule has 1 unspecified atom stereocenters. The Morgan fingerprint density at radius 3 is 2.26 bits per heavy atom. The minimum absolute atomic E-state index is 0.0493. The van der Waals surface area contributed by atoms with Crippen LogP contribution in [0.4, 0.5) is 5.69 Å². The molecule has 1 aromatic rings. The molecule has 1 atom stereocenters. The van der Waals surface area contributed by atoms with E-state index in [-0.39, 0.29) is 23.8 Å². The van der Waals surface area contributed by atoms with Crippen LogP contribution in [0.25, 0.3) is 0 Å². The van der Waals surface area contributed by atoms with Gasteiger partial charge in [-0.2, -0.15) is 0 Å². The van der Waals surface area contributed by atoms with Crippen molar-refractivity contribution in [2.75, 3.05) is 5.32 Å². The van der Waals surface area contributed by atoms with E-state index in [1.54, 1.807) is 0 Å². The van der Waals surface area contributed by atoms with Gasteiger partial charge in [0.2, 0.25) is 11.8 Å². The molecule has 0 aliphatic rings. The molecule has 0 heterocycles. The van der Waals surface area contributed by atoms with Gasteiger partial charge in [-0.15, -0.1) is 0 Å². The van der Waals surface area contributed by atoms with Crippen molar-refractivity contribution in [1.29, 1.82) is 0 Å². The zero-order valence-electron chi connectivity index (χ0n) is 18.1. The number of unbranched alkanes of at least 4 members (excludes halogenated alkanes) is 3. The molecule has 0 aromatic heterocycles. The molecule has 4 heteroatoms. The maximum atomic E-state index is 12.6. The third kappa shape index (κ3) is 8.15. The highest BCUT2D eigenvalue weighted by Crippen LogP contribution is 2.21. The van der Waals surface area contributed by atoms with E-state index in [0.717, 1.165) is 36.9 Å². The Bertz CT molecular complexity index is 623. The van der Waals surface area contributed by atoms with E-state index >= 15 is 0 Å². The number of hydrogen-bond acceptors (Lipinski definition) is 2.